The van der Waals surface area contributed by atoms with Crippen LogP contribution in [0.2, 0.25) is 0 Å². The van der Waals surface area contributed by atoms with Crippen molar-refractivity contribution in [2.24, 2.45) is 0 Å². The fourth-order valence-electron chi connectivity index (χ4n) is 2.05. The lowest BCUT2D eigenvalue weighted by Crippen LogP contribution is -2.28. The molecule has 90 valence electrons. The third kappa shape index (κ3) is 3.31. The van der Waals surface area contributed by atoms with E-state index in [1.807, 2.05) is 12.1 Å². The Balaban J connectivity index is 2.78. The number of likely N-dealkylation sites (N-methyl/N-ethyl adjacent to an activating group) is 1. The van der Waals surface area contributed by atoms with Crippen LogP contribution >= 0.6 is 0 Å². The van der Waals surface area contributed by atoms with Gasteiger partial charge in [-0.15, -0.1) is 0 Å². The molecule has 1 unspecified atom stereocenters. The highest BCUT2D eigenvalue weighted by molar-refractivity contribution is 5.22. The molecule has 0 aliphatic rings. The van der Waals surface area contributed by atoms with Crippen molar-refractivity contribution in [3.05, 3.63) is 35.6 Å². The smallest absolute Gasteiger partial charge is 0.126 e. The summed E-state index contributed by atoms with van der Waals surface area (Å²) >= 11 is 0. The molecule has 0 N–H and O–H groups in total. The van der Waals surface area contributed by atoms with E-state index in [-0.39, 0.29) is 5.82 Å². The van der Waals surface area contributed by atoms with Gasteiger partial charge in [-0.05, 0) is 37.1 Å². The largest absolute Gasteiger partial charge is 0.303 e. The molecule has 0 fully saturated rings. The molecule has 0 amide bonds. The first-order chi connectivity index (χ1) is 7.72. The summed E-state index contributed by atoms with van der Waals surface area (Å²) in [5.41, 5.74) is 0.858. The first-order valence-electron chi connectivity index (χ1n) is 6.19. The van der Waals surface area contributed by atoms with Gasteiger partial charge in [-0.1, -0.05) is 39.0 Å². The SMILES string of the molecule is CCC(CN(CC)CC)c1ccccc1F. The Hall–Kier alpha value is -0.890. The molecule has 0 aromatic heterocycles. The number of hydrogen-bond donors (Lipinski definition) is 0. The molecular weight excluding hydrogens is 201 g/mol. The Kier molecular flexibility index (Phi) is 5.47. The Morgan fingerprint density at radius 1 is 1.12 bits per heavy atom. The van der Waals surface area contributed by atoms with Gasteiger partial charge in [0.25, 0.3) is 0 Å². The van der Waals surface area contributed by atoms with E-state index in [1.54, 1.807) is 12.1 Å². The fraction of sp³-hybridized carbons (Fsp3) is 0.571. The molecule has 2 heteroatoms. The lowest BCUT2D eigenvalue weighted by molar-refractivity contribution is 0.278. The molecule has 1 rings (SSSR count). The van der Waals surface area contributed by atoms with Crippen LogP contribution in [-0.2, 0) is 0 Å². The van der Waals surface area contributed by atoms with Crippen LogP contribution in [0.1, 0.15) is 38.7 Å². The minimum Gasteiger partial charge on any atom is -0.303 e. The van der Waals surface area contributed by atoms with Crippen LogP contribution in [0.3, 0.4) is 0 Å². The number of benzene rings is 1. The van der Waals surface area contributed by atoms with E-state index in [0.717, 1.165) is 31.6 Å². The molecule has 0 aliphatic heterocycles. The van der Waals surface area contributed by atoms with Crippen LogP contribution in [-0.4, -0.2) is 24.5 Å². The van der Waals surface area contributed by atoms with E-state index < -0.39 is 0 Å². The maximum atomic E-state index is 13.7. The van der Waals surface area contributed by atoms with Gasteiger partial charge in [0, 0.05) is 6.54 Å². The molecule has 1 aromatic carbocycles. The Morgan fingerprint density at radius 3 is 2.25 bits per heavy atom. The standard InChI is InChI=1S/C14H22FN/c1-4-12(11-16(5-2)6-3)13-9-7-8-10-14(13)15/h7-10,12H,4-6,11H2,1-3H3. The van der Waals surface area contributed by atoms with Crippen LogP contribution < -0.4 is 0 Å². The monoisotopic (exact) mass is 223 g/mol. The van der Waals surface area contributed by atoms with Crippen molar-refractivity contribution < 1.29 is 4.39 Å². The molecule has 1 aromatic rings. The Bertz CT molecular complexity index is 307. The molecule has 0 saturated heterocycles. The summed E-state index contributed by atoms with van der Waals surface area (Å²) in [4.78, 5) is 2.35. The van der Waals surface area contributed by atoms with Gasteiger partial charge in [-0.2, -0.15) is 0 Å². The second kappa shape index (κ2) is 6.64. The van der Waals surface area contributed by atoms with Gasteiger partial charge >= 0.3 is 0 Å². The van der Waals surface area contributed by atoms with Crippen molar-refractivity contribution in [3.63, 3.8) is 0 Å². The summed E-state index contributed by atoms with van der Waals surface area (Å²) in [6.45, 7) is 9.43. The minimum atomic E-state index is -0.0680. The molecule has 0 aliphatic carbocycles. The number of nitrogens with zero attached hydrogens (tertiary/aromatic N) is 1. The Morgan fingerprint density at radius 2 is 1.75 bits per heavy atom. The second-order valence-electron chi connectivity index (χ2n) is 4.11. The average molecular weight is 223 g/mol. The van der Waals surface area contributed by atoms with E-state index in [9.17, 15) is 4.39 Å². The molecule has 0 saturated carbocycles. The zero-order valence-electron chi connectivity index (χ0n) is 10.5. The predicted octanol–water partition coefficient (Wildman–Crippen LogP) is 3.66. The van der Waals surface area contributed by atoms with E-state index in [1.165, 1.54) is 0 Å². The highest BCUT2D eigenvalue weighted by Crippen LogP contribution is 2.23. The van der Waals surface area contributed by atoms with Crippen LogP contribution in [0.4, 0.5) is 4.39 Å². The van der Waals surface area contributed by atoms with Crippen LogP contribution in [0.15, 0.2) is 24.3 Å². The zero-order chi connectivity index (χ0) is 12.0. The molecule has 1 nitrogen and oxygen atoms in total. The quantitative estimate of drug-likeness (QED) is 0.711. The lowest BCUT2D eigenvalue weighted by atomic mass is 9.95. The normalized spacial score (nSPS) is 13.1. The van der Waals surface area contributed by atoms with Gasteiger partial charge in [-0.3, -0.25) is 0 Å². The van der Waals surface area contributed by atoms with Gasteiger partial charge < -0.3 is 4.90 Å². The molecule has 0 spiro atoms. The second-order valence-corrected chi connectivity index (χ2v) is 4.11. The molecule has 0 heterocycles. The van der Waals surface area contributed by atoms with Crippen molar-refractivity contribution in [2.75, 3.05) is 19.6 Å². The first kappa shape index (κ1) is 13.2. The van der Waals surface area contributed by atoms with Gasteiger partial charge in [0.15, 0.2) is 0 Å². The summed E-state index contributed by atoms with van der Waals surface area (Å²) in [5.74, 6) is 0.239. The predicted molar refractivity (Wildman–Crippen MR) is 67.2 cm³/mol. The van der Waals surface area contributed by atoms with Crippen molar-refractivity contribution in [1.82, 2.24) is 4.90 Å². The van der Waals surface area contributed by atoms with E-state index in [4.69, 9.17) is 0 Å². The Labute approximate surface area is 98.3 Å². The third-order valence-corrected chi connectivity index (χ3v) is 3.21. The summed E-state index contributed by atoms with van der Waals surface area (Å²) in [5, 5.41) is 0. The summed E-state index contributed by atoms with van der Waals surface area (Å²) < 4.78 is 13.7. The number of rotatable bonds is 6. The van der Waals surface area contributed by atoms with Crippen LogP contribution in [0, 0.1) is 5.82 Å². The molecule has 0 bridgehead atoms. The van der Waals surface area contributed by atoms with Gasteiger partial charge in [0.1, 0.15) is 5.82 Å². The first-order valence-corrected chi connectivity index (χ1v) is 6.19. The maximum Gasteiger partial charge on any atom is 0.126 e. The van der Waals surface area contributed by atoms with Crippen molar-refractivity contribution >= 4 is 0 Å². The molecule has 16 heavy (non-hydrogen) atoms. The minimum absolute atomic E-state index is 0.0680. The summed E-state index contributed by atoms with van der Waals surface area (Å²) in [6, 6.07) is 7.14. The number of hydrogen-bond acceptors (Lipinski definition) is 1. The van der Waals surface area contributed by atoms with Crippen molar-refractivity contribution in [3.8, 4) is 0 Å². The lowest BCUT2D eigenvalue weighted by Gasteiger charge is -2.25. The van der Waals surface area contributed by atoms with Crippen molar-refractivity contribution in [1.29, 1.82) is 0 Å². The fourth-order valence-corrected chi connectivity index (χ4v) is 2.05. The molecular formula is C14H22FN. The van der Waals surface area contributed by atoms with E-state index in [2.05, 4.69) is 25.7 Å². The third-order valence-electron chi connectivity index (χ3n) is 3.21. The highest BCUT2D eigenvalue weighted by Gasteiger charge is 2.15. The summed E-state index contributed by atoms with van der Waals surface area (Å²) in [7, 11) is 0. The number of halogens is 1. The summed E-state index contributed by atoms with van der Waals surface area (Å²) in [6.07, 6.45) is 0.984. The van der Waals surface area contributed by atoms with Crippen molar-refractivity contribution in [2.45, 2.75) is 33.1 Å². The molecule has 1 atom stereocenters. The van der Waals surface area contributed by atoms with E-state index >= 15 is 0 Å². The highest BCUT2D eigenvalue weighted by atomic mass is 19.1. The van der Waals surface area contributed by atoms with Crippen LogP contribution in [0.25, 0.3) is 0 Å². The van der Waals surface area contributed by atoms with E-state index in [0.29, 0.717) is 5.92 Å². The topological polar surface area (TPSA) is 3.24 Å². The van der Waals surface area contributed by atoms with Gasteiger partial charge in [0.2, 0.25) is 0 Å². The average Bonchev–Trinajstić information content (AvgIpc) is 2.32. The zero-order valence-corrected chi connectivity index (χ0v) is 10.5. The van der Waals surface area contributed by atoms with Gasteiger partial charge in [-0.25, -0.2) is 4.39 Å². The maximum absolute atomic E-state index is 13.7. The molecule has 0 radical (unpaired) electrons. The van der Waals surface area contributed by atoms with Gasteiger partial charge in [0.05, 0.1) is 0 Å². The van der Waals surface area contributed by atoms with Crippen LogP contribution in [0.5, 0.6) is 0 Å².